The summed E-state index contributed by atoms with van der Waals surface area (Å²) in [6.07, 6.45) is 2.42. The van der Waals surface area contributed by atoms with Crippen molar-refractivity contribution in [1.29, 1.82) is 0 Å². The van der Waals surface area contributed by atoms with Crippen molar-refractivity contribution in [2.75, 3.05) is 0 Å². The van der Waals surface area contributed by atoms with Gasteiger partial charge in [0.15, 0.2) is 0 Å². The second kappa shape index (κ2) is 7.07. The first kappa shape index (κ1) is 14.6. The number of nitrogens with two attached hydrogens (primary N) is 1. The van der Waals surface area contributed by atoms with Crippen molar-refractivity contribution in [3.63, 3.8) is 0 Å². The van der Waals surface area contributed by atoms with Gasteiger partial charge in [-0.3, -0.25) is 9.59 Å². The van der Waals surface area contributed by atoms with Gasteiger partial charge in [-0.05, 0) is 12.8 Å². The number of carbonyl (C=O) groups excluding carboxylic acids is 1. The minimum absolute atomic E-state index is 0.109. The predicted octanol–water partition coefficient (Wildman–Crippen LogP) is 0.903. The molecule has 18 heavy (non-hydrogen) atoms. The third kappa shape index (κ3) is 4.42. The van der Waals surface area contributed by atoms with E-state index in [-0.39, 0.29) is 24.8 Å². The van der Waals surface area contributed by atoms with Gasteiger partial charge < -0.3 is 16.2 Å². The van der Waals surface area contributed by atoms with Crippen LogP contribution in [0.2, 0.25) is 0 Å². The van der Waals surface area contributed by atoms with Crippen LogP contribution in [0.5, 0.6) is 0 Å². The highest BCUT2D eigenvalue weighted by molar-refractivity contribution is 7.09. The van der Waals surface area contributed by atoms with Crippen LogP contribution in [0.15, 0.2) is 11.6 Å². The molecule has 1 amide bonds. The Kier molecular flexibility index (Phi) is 5.73. The summed E-state index contributed by atoms with van der Waals surface area (Å²) in [6, 6.07) is -0.955. The lowest BCUT2D eigenvalue weighted by Gasteiger charge is -2.17. The topological polar surface area (TPSA) is 105 Å². The third-order valence-corrected chi connectivity index (χ3v) is 3.37. The van der Waals surface area contributed by atoms with Crippen LogP contribution in [0.3, 0.4) is 0 Å². The molecule has 0 aromatic carbocycles. The summed E-state index contributed by atoms with van der Waals surface area (Å²) in [5.74, 6) is -1.29. The van der Waals surface area contributed by atoms with Crippen molar-refractivity contribution in [2.24, 2.45) is 5.73 Å². The zero-order valence-electron chi connectivity index (χ0n) is 10.1. The highest BCUT2D eigenvalue weighted by Crippen LogP contribution is 2.18. The predicted molar refractivity (Wildman–Crippen MR) is 68.1 cm³/mol. The van der Waals surface area contributed by atoms with E-state index in [4.69, 9.17) is 10.8 Å². The maximum atomic E-state index is 11.8. The Hall–Kier alpha value is -1.47. The molecule has 0 spiro atoms. The van der Waals surface area contributed by atoms with Gasteiger partial charge in [0.05, 0.1) is 12.1 Å². The van der Waals surface area contributed by atoms with E-state index in [0.717, 1.165) is 5.01 Å². The molecule has 0 fully saturated rings. The standard InChI is InChI=1S/C11H17N3O3S/c1-2-8(11-13-5-6-18-11)14-10(17)7(12)3-4-9(15)16/h5-8H,2-4,12H2,1H3,(H,14,17)(H,15,16). The minimum Gasteiger partial charge on any atom is -0.481 e. The lowest BCUT2D eigenvalue weighted by Crippen LogP contribution is -2.42. The molecule has 6 nitrogen and oxygen atoms in total. The highest BCUT2D eigenvalue weighted by Gasteiger charge is 2.20. The van der Waals surface area contributed by atoms with E-state index >= 15 is 0 Å². The molecular formula is C11H17N3O3S. The summed E-state index contributed by atoms with van der Waals surface area (Å²) < 4.78 is 0. The van der Waals surface area contributed by atoms with Gasteiger partial charge in [0.2, 0.25) is 5.91 Å². The van der Waals surface area contributed by atoms with Crippen LogP contribution in [0.1, 0.15) is 37.2 Å². The monoisotopic (exact) mass is 271 g/mol. The molecule has 0 aliphatic heterocycles. The number of rotatable bonds is 7. The van der Waals surface area contributed by atoms with Gasteiger partial charge in [-0.25, -0.2) is 4.98 Å². The van der Waals surface area contributed by atoms with E-state index in [1.165, 1.54) is 11.3 Å². The first-order chi connectivity index (χ1) is 8.54. The average molecular weight is 271 g/mol. The molecule has 1 rings (SSSR count). The van der Waals surface area contributed by atoms with E-state index in [1.54, 1.807) is 6.20 Å². The molecule has 4 N–H and O–H groups in total. The Balaban J connectivity index is 2.49. The van der Waals surface area contributed by atoms with Crippen molar-refractivity contribution in [3.8, 4) is 0 Å². The first-order valence-corrected chi connectivity index (χ1v) is 6.59. The molecule has 0 aliphatic carbocycles. The largest absolute Gasteiger partial charge is 0.481 e. The molecule has 2 unspecified atom stereocenters. The Morgan fingerprint density at radius 3 is 2.83 bits per heavy atom. The number of amides is 1. The zero-order chi connectivity index (χ0) is 13.5. The Morgan fingerprint density at radius 1 is 1.61 bits per heavy atom. The number of carboxylic acids is 1. The average Bonchev–Trinajstić information content (AvgIpc) is 2.86. The van der Waals surface area contributed by atoms with E-state index in [1.807, 2.05) is 12.3 Å². The van der Waals surface area contributed by atoms with Gasteiger partial charge >= 0.3 is 5.97 Å². The molecule has 7 heteroatoms. The summed E-state index contributed by atoms with van der Waals surface area (Å²) in [6.45, 7) is 1.94. The van der Waals surface area contributed by atoms with Crippen LogP contribution in [0.25, 0.3) is 0 Å². The Labute approximate surface area is 109 Å². The fourth-order valence-corrected chi connectivity index (χ4v) is 2.21. The van der Waals surface area contributed by atoms with Crippen molar-refractivity contribution in [1.82, 2.24) is 10.3 Å². The first-order valence-electron chi connectivity index (χ1n) is 5.71. The van der Waals surface area contributed by atoms with Crippen molar-refractivity contribution in [3.05, 3.63) is 16.6 Å². The number of aromatic nitrogens is 1. The van der Waals surface area contributed by atoms with E-state index in [9.17, 15) is 9.59 Å². The molecule has 0 saturated heterocycles. The number of hydrogen-bond donors (Lipinski definition) is 3. The number of aliphatic carboxylic acids is 1. The minimum atomic E-state index is -0.954. The smallest absolute Gasteiger partial charge is 0.303 e. The molecule has 0 saturated carbocycles. The van der Waals surface area contributed by atoms with Crippen LogP contribution < -0.4 is 11.1 Å². The summed E-state index contributed by atoms with van der Waals surface area (Å²) >= 11 is 1.47. The number of carboxylic acid groups (broad SMARTS) is 1. The molecule has 0 radical (unpaired) electrons. The summed E-state index contributed by atoms with van der Waals surface area (Å²) in [5, 5.41) is 14.0. The highest BCUT2D eigenvalue weighted by atomic mass is 32.1. The fraction of sp³-hybridized carbons (Fsp3) is 0.545. The lowest BCUT2D eigenvalue weighted by atomic mass is 10.1. The molecule has 0 aliphatic rings. The number of nitrogens with one attached hydrogen (secondary N) is 1. The normalized spacial score (nSPS) is 13.9. The molecule has 1 aromatic rings. The quantitative estimate of drug-likeness (QED) is 0.683. The molecule has 1 aromatic heterocycles. The van der Waals surface area contributed by atoms with Gasteiger partial charge in [-0.15, -0.1) is 11.3 Å². The Bertz CT molecular complexity index is 394. The molecule has 0 bridgehead atoms. The second-order valence-electron chi connectivity index (χ2n) is 3.88. The molecule has 1 heterocycles. The van der Waals surface area contributed by atoms with E-state index in [2.05, 4.69) is 10.3 Å². The van der Waals surface area contributed by atoms with E-state index < -0.39 is 12.0 Å². The van der Waals surface area contributed by atoms with Crippen molar-refractivity contribution < 1.29 is 14.7 Å². The van der Waals surface area contributed by atoms with Crippen molar-refractivity contribution >= 4 is 23.2 Å². The van der Waals surface area contributed by atoms with Gasteiger partial charge in [0, 0.05) is 18.0 Å². The summed E-state index contributed by atoms with van der Waals surface area (Å²) in [7, 11) is 0. The lowest BCUT2D eigenvalue weighted by molar-refractivity contribution is -0.137. The molecule has 2 atom stereocenters. The van der Waals surface area contributed by atoms with Crippen LogP contribution in [-0.4, -0.2) is 28.0 Å². The maximum Gasteiger partial charge on any atom is 0.303 e. The van der Waals surface area contributed by atoms with Gasteiger partial charge in [-0.1, -0.05) is 6.92 Å². The SMILES string of the molecule is CCC(NC(=O)C(N)CCC(=O)O)c1nccs1. The van der Waals surface area contributed by atoms with Gasteiger partial charge in [0.25, 0.3) is 0 Å². The van der Waals surface area contributed by atoms with Crippen LogP contribution >= 0.6 is 11.3 Å². The van der Waals surface area contributed by atoms with Crippen LogP contribution in [0, 0.1) is 0 Å². The van der Waals surface area contributed by atoms with Gasteiger partial charge in [-0.2, -0.15) is 0 Å². The van der Waals surface area contributed by atoms with E-state index in [0.29, 0.717) is 6.42 Å². The number of hydrogen-bond acceptors (Lipinski definition) is 5. The number of nitrogens with zero attached hydrogens (tertiary/aromatic N) is 1. The maximum absolute atomic E-state index is 11.8. The third-order valence-electron chi connectivity index (χ3n) is 2.48. The second-order valence-corrected chi connectivity index (χ2v) is 4.80. The zero-order valence-corrected chi connectivity index (χ0v) is 10.9. The van der Waals surface area contributed by atoms with Crippen molar-refractivity contribution in [2.45, 2.75) is 38.3 Å². The fourth-order valence-electron chi connectivity index (χ4n) is 1.43. The summed E-state index contributed by atoms with van der Waals surface area (Å²) in [5.41, 5.74) is 5.63. The van der Waals surface area contributed by atoms with Crippen LogP contribution in [-0.2, 0) is 9.59 Å². The van der Waals surface area contributed by atoms with Gasteiger partial charge in [0.1, 0.15) is 5.01 Å². The number of thiazole rings is 1. The Morgan fingerprint density at radius 2 is 2.33 bits per heavy atom. The van der Waals surface area contributed by atoms with Crippen LogP contribution in [0.4, 0.5) is 0 Å². The molecular weight excluding hydrogens is 254 g/mol. The molecule has 100 valence electrons. The summed E-state index contributed by atoms with van der Waals surface area (Å²) in [4.78, 5) is 26.3. The number of carbonyl (C=O) groups is 2.